The van der Waals surface area contributed by atoms with Gasteiger partial charge in [-0.15, -0.1) is 0 Å². The minimum atomic E-state index is -1.17. The third-order valence-electron chi connectivity index (χ3n) is 15.6. The molecule has 1 amide bonds. The number of piperidine rings is 1. The molecule has 0 aromatic rings. The summed E-state index contributed by atoms with van der Waals surface area (Å²) in [5.74, 6) is -0.392. The van der Waals surface area contributed by atoms with Gasteiger partial charge in [0.15, 0.2) is 0 Å². The smallest absolute Gasteiger partial charge is 0.408 e. The first-order valence-corrected chi connectivity index (χ1v) is 19.6. The van der Waals surface area contributed by atoms with Crippen molar-refractivity contribution in [3.05, 3.63) is 11.1 Å². The molecule has 3 N–H and O–H groups in total. The number of amides is 1. The summed E-state index contributed by atoms with van der Waals surface area (Å²) >= 11 is 0. The standard InChI is InChI=1S/C41H64N2O7/c1-24(2)32-27(44)22-41(43-35(48)49-25-14-20-42-21-15-25)19-18-39(8)26(33(32)41)10-11-29-38(7)16-13-30(50-31(45)23-36(3,4)34(46)47)37(5,6)28(38)12-17-40(29,39)9/h24-25,28-30,32,42H,10-23H2,1-9H3,(H,43,48)(H,46,47)/t28?,29?,30-,32?,38-,39+,40+,41+/m0/s1. The number of aliphatic carboxylic acids is 1. The predicted octanol–water partition coefficient (Wildman–Crippen LogP) is 7.61. The van der Waals surface area contributed by atoms with Gasteiger partial charge in [0.2, 0.25) is 0 Å². The van der Waals surface area contributed by atoms with E-state index in [1.165, 1.54) is 11.1 Å². The van der Waals surface area contributed by atoms with E-state index in [1.54, 1.807) is 13.8 Å². The fourth-order valence-electron chi connectivity index (χ4n) is 12.8. The second-order valence-electron chi connectivity index (χ2n) is 19.5. The molecule has 4 saturated carbocycles. The average molecular weight is 697 g/mol. The molecule has 9 nitrogen and oxygen atoms in total. The summed E-state index contributed by atoms with van der Waals surface area (Å²) in [5, 5.41) is 16.3. The first-order valence-electron chi connectivity index (χ1n) is 19.6. The van der Waals surface area contributed by atoms with Crippen molar-refractivity contribution < 1.29 is 33.8 Å². The molecule has 8 atom stereocenters. The molecule has 0 aromatic heterocycles. The minimum absolute atomic E-state index is 0.0128. The van der Waals surface area contributed by atoms with Gasteiger partial charge in [0.05, 0.1) is 17.4 Å². The van der Waals surface area contributed by atoms with Gasteiger partial charge in [0, 0.05) is 17.8 Å². The number of esters is 1. The number of carboxylic acids is 1. The van der Waals surface area contributed by atoms with Crippen molar-refractivity contribution in [1.82, 2.24) is 10.6 Å². The average Bonchev–Trinajstić information content (AvgIpc) is 3.30. The highest BCUT2D eigenvalue weighted by molar-refractivity contribution is 5.92. The first-order chi connectivity index (χ1) is 23.2. The van der Waals surface area contributed by atoms with E-state index in [4.69, 9.17) is 9.47 Å². The number of ether oxygens (including phenoxy) is 2. The molecule has 50 heavy (non-hydrogen) atoms. The molecule has 6 aliphatic rings. The van der Waals surface area contributed by atoms with E-state index >= 15 is 0 Å². The van der Waals surface area contributed by atoms with E-state index in [0.717, 1.165) is 77.3 Å². The van der Waals surface area contributed by atoms with Gasteiger partial charge in [-0.1, -0.05) is 54.0 Å². The zero-order valence-electron chi connectivity index (χ0n) is 32.3. The number of carbonyl (C=O) groups excluding carboxylic acids is 3. The third-order valence-corrected chi connectivity index (χ3v) is 15.6. The van der Waals surface area contributed by atoms with Crippen LogP contribution in [-0.4, -0.2) is 59.8 Å². The Morgan fingerprint density at radius 3 is 2.24 bits per heavy atom. The van der Waals surface area contributed by atoms with Crippen LogP contribution in [0.4, 0.5) is 4.79 Å². The van der Waals surface area contributed by atoms with Crippen LogP contribution in [0, 0.1) is 50.7 Å². The van der Waals surface area contributed by atoms with Crippen molar-refractivity contribution in [2.24, 2.45) is 50.7 Å². The maximum atomic E-state index is 13.9. The third kappa shape index (κ3) is 5.74. The van der Waals surface area contributed by atoms with E-state index in [0.29, 0.717) is 18.3 Å². The Morgan fingerprint density at radius 2 is 1.60 bits per heavy atom. The van der Waals surface area contributed by atoms with Gasteiger partial charge in [-0.05, 0) is 131 Å². The quantitative estimate of drug-likeness (QED) is 0.183. The van der Waals surface area contributed by atoms with Crippen LogP contribution in [0.5, 0.6) is 0 Å². The zero-order valence-corrected chi connectivity index (χ0v) is 32.3. The summed E-state index contributed by atoms with van der Waals surface area (Å²) in [6.45, 7) is 21.2. The van der Waals surface area contributed by atoms with E-state index < -0.39 is 22.9 Å². The fraction of sp³-hybridized carbons (Fsp3) is 0.854. The lowest BCUT2D eigenvalue weighted by Crippen LogP contribution is -2.65. The van der Waals surface area contributed by atoms with Gasteiger partial charge in [-0.2, -0.15) is 0 Å². The molecule has 0 radical (unpaired) electrons. The number of allylic oxidation sites excluding steroid dienone is 1. The summed E-state index contributed by atoms with van der Waals surface area (Å²) in [7, 11) is 0. The second-order valence-corrected chi connectivity index (χ2v) is 19.5. The fourth-order valence-corrected chi connectivity index (χ4v) is 12.8. The first kappa shape index (κ1) is 37.3. The number of nitrogens with one attached hydrogen (secondary N) is 2. The zero-order chi connectivity index (χ0) is 36.7. The Balaban J connectivity index is 1.29. The van der Waals surface area contributed by atoms with Gasteiger partial charge in [0.1, 0.15) is 18.0 Å². The van der Waals surface area contributed by atoms with E-state index in [9.17, 15) is 24.3 Å². The Kier molecular flexibility index (Phi) is 9.42. The van der Waals surface area contributed by atoms with Gasteiger partial charge in [-0.25, -0.2) is 4.79 Å². The maximum Gasteiger partial charge on any atom is 0.408 e. The second kappa shape index (κ2) is 12.6. The van der Waals surface area contributed by atoms with Gasteiger partial charge in [-0.3, -0.25) is 14.4 Å². The van der Waals surface area contributed by atoms with Crippen LogP contribution in [0.25, 0.3) is 0 Å². The van der Waals surface area contributed by atoms with E-state index in [1.807, 2.05) is 0 Å². The van der Waals surface area contributed by atoms with Crippen LogP contribution in [0.15, 0.2) is 11.1 Å². The molecule has 0 aromatic carbocycles. The topological polar surface area (TPSA) is 131 Å². The Bertz CT molecular complexity index is 1440. The molecule has 9 heteroatoms. The van der Waals surface area contributed by atoms with Gasteiger partial charge in [0.25, 0.3) is 0 Å². The van der Waals surface area contributed by atoms with E-state index in [2.05, 4.69) is 59.1 Å². The molecule has 1 heterocycles. The van der Waals surface area contributed by atoms with Crippen LogP contribution in [0.3, 0.4) is 0 Å². The molecule has 280 valence electrons. The SMILES string of the molecule is CC(C)C1C(=O)C[C@]2(NC(=O)OC3CCNCC3)CC[C@]3(C)C(=C12)CCC1[C@@]2(C)CC[C@H](OC(=O)CC(C)(C)C(=O)O)C(C)(C)C2CC[C@]13C. The number of alkyl carbamates (subject to hydrolysis) is 1. The lowest BCUT2D eigenvalue weighted by molar-refractivity contribution is -0.214. The number of carboxylic acid groups (broad SMARTS) is 1. The van der Waals surface area contributed by atoms with Crippen molar-refractivity contribution in [1.29, 1.82) is 0 Å². The molecule has 0 spiro atoms. The minimum Gasteiger partial charge on any atom is -0.481 e. The monoisotopic (exact) mass is 696 g/mol. The number of carbonyl (C=O) groups is 4. The molecule has 0 bridgehead atoms. The highest BCUT2D eigenvalue weighted by Crippen LogP contribution is 2.75. The van der Waals surface area contributed by atoms with Crippen molar-refractivity contribution >= 4 is 23.8 Å². The number of ketones is 1. The maximum absolute atomic E-state index is 13.9. The molecule has 3 unspecified atom stereocenters. The van der Waals surface area contributed by atoms with Crippen molar-refractivity contribution in [2.75, 3.05) is 13.1 Å². The highest BCUT2D eigenvalue weighted by atomic mass is 16.6. The Hall–Kier alpha value is -2.42. The van der Waals surface area contributed by atoms with Gasteiger partial charge >= 0.3 is 18.0 Å². The van der Waals surface area contributed by atoms with Crippen LogP contribution in [-0.2, 0) is 23.9 Å². The van der Waals surface area contributed by atoms with Crippen LogP contribution in [0.1, 0.15) is 139 Å². The van der Waals surface area contributed by atoms with Crippen molar-refractivity contribution in [2.45, 2.75) is 157 Å². The highest BCUT2D eigenvalue weighted by Gasteiger charge is 2.69. The van der Waals surface area contributed by atoms with Crippen molar-refractivity contribution in [3.8, 4) is 0 Å². The van der Waals surface area contributed by atoms with Crippen LogP contribution in [0.2, 0.25) is 0 Å². The molecule has 6 rings (SSSR count). The Labute approximate surface area is 299 Å². The molecular formula is C41H64N2O7. The van der Waals surface area contributed by atoms with E-state index in [-0.39, 0.29) is 64.0 Å². The normalized spacial score (nSPS) is 39.9. The number of fused-ring (bicyclic) bond motifs is 6. The predicted molar refractivity (Wildman–Crippen MR) is 191 cm³/mol. The van der Waals surface area contributed by atoms with Crippen LogP contribution < -0.4 is 10.6 Å². The summed E-state index contributed by atoms with van der Waals surface area (Å²) in [5.41, 5.74) is 0.509. The number of hydrogen-bond acceptors (Lipinski definition) is 7. The molecular weight excluding hydrogens is 632 g/mol. The summed E-state index contributed by atoms with van der Waals surface area (Å²) in [6, 6.07) is 0. The lowest BCUT2D eigenvalue weighted by atomic mass is 9.34. The van der Waals surface area contributed by atoms with Gasteiger partial charge < -0.3 is 25.2 Å². The lowest BCUT2D eigenvalue weighted by Gasteiger charge is -2.70. The largest absolute Gasteiger partial charge is 0.481 e. The molecule has 1 aliphatic heterocycles. The summed E-state index contributed by atoms with van der Waals surface area (Å²) in [6.07, 6.45) is 8.57. The summed E-state index contributed by atoms with van der Waals surface area (Å²) < 4.78 is 12.1. The number of hydrogen-bond donors (Lipinski definition) is 3. The molecule has 5 fully saturated rings. The number of rotatable bonds is 7. The van der Waals surface area contributed by atoms with Crippen molar-refractivity contribution in [3.63, 3.8) is 0 Å². The number of Topliss-reactive ketones (excluding diaryl/α,β-unsaturated/α-hetero) is 1. The summed E-state index contributed by atoms with van der Waals surface area (Å²) in [4.78, 5) is 52.2. The molecule has 1 saturated heterocycles. The Morgan fingerprint density at radius 1 is 0.920 bits per heavy atom. The van der Waals surface area contributed by atoms with Crippen LogP contribution >= 0.6 is 0 Å². The molecule has 5 aliphatic carbocycles.